The molecule has 2 heterocycles. The SMILES string of the molecule is NCc1cn(CC(=O)c2cc3cc(Cl)ccc3o2)nn1. The summed E-state index contributed by atoms with van der Waals surface area (Å²) in [7, 11) is 0. The van der Waals surface area contributed by atoms with Crippen molar-refractivity contribution in [3.8, 4) is 0 Å². The highest BCUT2D eigenvalue weighted by Crippen LogP contribution is 2.23. The van der Waals surface area contributed by atoms with Gasteiger partial charge in [-0.05, 0) is 24.3 Å². The number of Topliss-reactive ketones (excluding diaryl/α,β-unsaturated/α-hetero) is 1. The van der Waals surface area contributed by atoms with E-state index in [9.17, 15) is 4.79 Å². The molecule has 0 aliphatic carbocycles. The van der Waals surface area contributed by atoms with E-state index in [1.54, 1.807) is 30.5 Å². The van der Waals surface area contributed by atoms with Crippen molar-refractivity contribution in [1.29, 1.82) is 0 Å². The van der Waals surface area contributed by atoms with Crippen LogP contribution in [0, 0.1) is 0 Å². The number of halogens is 1. The van der Waals surface area contributed by atoms with Gasteiger partial charge in [0.2, 0.25) is 5.78 Å². The van der Waals surface area contributed by atoms with Crippen LogP contribution in [-0.2, 0) is 13.1 Å². The highest BCUT2D eigenvalue weighted by molar-refractivity contribution is 6.31. The predicted octanol–water partition coefficient (Wildman–Crippen LogP) is 2.02. The van der Waals surface area contributed by atoms with Gasteiger partial charge in [-0.15, -0.1) is 5.10 Å². The average molecular weight is 291 g/mol. The largest absolute Gasteiger partial charge is 0.453 e. The van der Waals surface area contributed by atoms with Crippen LogP contribution in [0.15, 0.2) is 34.9 Å². The van der Waals surface area contributed by atoms with Crippen LogP contribution in [0.5, 0.6) is 0 Å². The zero-order chi connectivity index (χ0) is 14.1. The molecule has 0 spiro atoms. The minimum atomic E-state index is -0.189. The number of benzene rings is 1. The maximum atomic E-state index is 12.1. The molecular formula is C13H11ClN4O2. The Morgan fingerprint density at radius 3 is 3.00 bits per heavy atom. The van der Waals surface area contributed by atoms with Crippen molar-refractivity contribution in [3.63, 3.8) is 0 Å². The molecule has 2 aromatic heterocycles. The average Bonchev–Trinajstić information content (AvgIpc) is 3.04. The Morgan fingerprint density at radius 2 is 2.25 bits per heavy atom. The normalized spacial score (nSPS) is 11.1. The van der Waals surface area contributed by atoms with Gasteiger partial charge in [-0.1, -0.05) is 16.8 Å². The fourth-order valence-electron chi connectivity index (χ4n) is 1.89. The molecule has 0 radical (unpaired) electrons. The molecule has 0 amide bonds. The van der Waals surface area contributed by atoms with Gasteiger partial charge in [0.25, 0.3) is 0 Å². The van der Waals surface area contributed by atoms with Gasteiger partial charge >= 0.3 is 0 Å². The Bertz CT molecular complexity index is 778. The van der Waals surface area contributed by atoms with Crippen LogP contribution >= 0.6 is 11.6 Å². The van der Waals surface area contributed by atoms with Gasteiger partial charge in [0.1, 0.15) is 12.1 Å². The van der Waals surface area contributed by atoms with Crippen LogP contribution in [0.25, 0.3) is 11.0 Å². The number of carbonyl (C=O) groups excluding carboxylic acids is 1. The third-order valence-corrected chi connectivity index (χ3v) is 3.09. The van der Waals surface area contributed by atoms with Crippen molar-refractivity contribution >= 4 is 28.4 Å². The number of nitrogens with zero attached hydrogens (tertiary/aromatic N) is 3. The van der Waals surface area contributed by atoms with Crippen molar-refractivity contribution in [1.82, 2.24) is 15.0 Å². The van der Waals surface area contributed by atoms with Crippen LogP contribution < -0.4 is 5.73 Å². The molecule has 0 saturated carbocycles. The van der Waals surface area contributed by atoms with Crippen LogP contribution in [-0.4, -0.2) is 20.8 Å². The first-order valence-corrected chi connectivity index (χ1v) is 6.35. The predicted molar refractivity (Wildman–Crippen MR) is 73.5 cm³/mol. The first-order valence-electron chi connectivity index (χ1n) is 5.97. The van der Waals surface area contributed by atoms with Crippen LogP contribution in [0.4, 0.5) is 0 Å². The first kappa shape index (κ1) is 12.8. The molecule has 0 aliphatic rings. The monoisotopic (exact) mass is 290 g/mol. The Labute approximate surface area is 119 Å². The summed E-state index contributed by atoms with van der Waals surface area (Å²) in [6.07, 6.45) is 1.64. The van der Waals surface area contributed by atoms with Gasteiger partial charge in [-0.2, -0.15) is 0 Å². The molecule has 6 nitrogen and oxygen atoms in total. The Hall–Kier alpha value is -2.18. The molecule has 3 aromatic rings. The lowest BCUT2D eigenvalue weighted by molar-refractivity contribution is 0.0942. The van der Waals surface area contributed by atoms with E-state index < -0.39 is 0 Å². The van der Waals surface area contributed by atoms with E-state index in [1.807, 2.05) is 0 Å². The first-order chi connectivity index (χ1) is 9.65. The highest BCUT2D eigenvalue weighted by atomic mass is 35.5. The quantitative estimate of drug-likeness (QED) is 0.743. The molecule has 0 atom stereocenters. The lowest BCUT2D eigenvalue weighted by atomic mass is 10.2. The van der Waals surface area contributed by atoms with E-state index in [1.165, 1.54) is 4.68 Å². The minimum absolute atomic E-state index is 0.0561. The summed E-state index contributed by atoms with van der Waals surface area (Å²) in [4.78, 5) is 12.1. The summed E-state index contributed by atoms with van der Waals surface area (Å²) in [5.41, 5.74) is 6.70. The summed E-state index contributed by atoms with van der Waals surface area (Å²) >= 11 is 5.90. The minimum Gasteiger partial charge on any atom is -0.453 e. The van der Waals surface area contributed by atoms with E-state index in [0.717, 1.165) is 5.39 Å². The van der Waals surface area contributed by atoms with Gasteiger partial charge in [-0.3, -0.25) is 4.79 Å². The summed E-state index contributed by atoms with van der Waals surface area (Å²) in [6, 6.07) is 6.87. The summed E-state index contributed by atoms with van der Waals surface area (Å²) in [6.45, 7) is 0.345. The lowest BCUT2D eigenvalue weighted by Gasteiger charge is -1.96. The topological polar surface area (TPSA) is 86.9 Å². The molecule has 0 fully saturated rings. The molecule has 0 bridgehead atoms. The summed E-state index contributed by atoms with van der Waals surface area (Å²) < 4.78 is 6.93. The zero-order valence-electron chi connectivity index (χ0n) is 10.4. The third-order valence-electron chi connectivity index (χ3n) is 2.85. The van der Waals surface area contributed by atoms with E-state index in [0.29, 0.717) is 16.3 Å². The van der Waals surface area contributed by atoms with Crippen molar-refractivity contribution in [3.05, 3.63) is 46.9 Å². The van der Waals surface area contributed by atoms with Gasteiger partial charge in [0.15, 0.2) is 5.76 Å². The van der Waals surface area contributed by atoms with Crippen molar-refractivity contribution in [2.45, 2.75) is 13.1 Å². The van der Waals surface area contributed by atoms with E-state index in [2.05, 4.69) is 10.3 Å². The molecule has 102 valence electrons. The second kappa shape index (κ2) is 5.07. The molecule has 1 aromatic carbocycles. The third kappa shape index (κ3) is 2.43. The number of nitrogens with two attached hydrogens (primary N) is 1. The number of rotatable bonds is 4. The number of fused-ring (bicyclic) bond motifs is 1. The zero-order valence-corrected chi connectivity index (χ0v) is 11.2. The van der Waals surface area contributed by atoms with Gasteiger partial charge < -0.3 is 10.2 Å². The van der Waals surface area contributed by atoms with Crippen molar-refractivity contribution in [2.75, 3.05) is 0 Å². The van der Waals surface area contributed by atoms with Crippen LogP contribution in [0.1, 0.15) is 16.2 Å². The number of aromatic nitrogens is 3. The number of furan rings is 1. The second-order valence-corrected chi connectivity index (χ2v) is 4.76. The maximum absolute atomic E-state index is 12.1. The number of hydrogen-bond acceptors (Lipinski definition) is 5. The van der Waals surface area contributed by atoms with E-state index in [4.69, 9.17) is 21.8 Å². The summed E-state index contributed by atoms with van der Waals surface area (Å²) in [5, 5.41) is 9.04. The second-order valence-electron chi connectivity index (χ2n) is 4.33. The number of ketones is 1. The molecule has 20 heavy (non-hydrogen) atoms. The highest BCUT2D eigenvalue weighted by Gasteiger charge is 2.14. The molecular weight excluding hydrogens is 280 g/mol. The fourth-order valence-corrected chi connectivity index (χ4v) is 2.07. The molecule has 0 saturated heterocycles. The van der Waals surface area contributed by atoms with E-state index in [-0.39, 0.29) is 24.6 Å². The van der Waals surface area contributed by atoms with Crippen LogP contribution in [0.3, 0.4) is 0 Å². The standard InChI is InChI=1S/C13H11ClN4O2/c14-9-1-2-12-8(3-9)4-13(20-12)11(19)7-18-6-10(5-15)16-17-18/h1-4,6H,5,7,15H2. The van der Waals surface area contributed by atoms with Crippen molar-refractivity contribution in [2.24, 2.45) is 5.73 Å². The Balaban J connectivity index is 1.84. The number of hydrogen-bond donors (Lipinski definition) is 1. The van der Waals surface area contributed by atoms with Crippen molar-refractivity contribution < 1.29 is 9.21 Å². The molecule has 0 unspecified atom stereocenters. The summed E-state index contributed by atoms with van der Waals surface area (Å²) in [5.74, 6) is 0.0814. The smallest absolute Gasteiger partial charge is 0.219 e. The van der Waals surface area contributed by atoms with Gasteiger partial charge in [0.05, 0.1) is 11.9 Å². The van der Waals surface area contributed by atoms with Crippen LogP contribution in [0.2, 0.25) is 5.02 Å². The Kier molecular flexibility index (Phi) is 3.25. The van der Waals surface area contributed by atoms with Gasteiger partial charge in [-0.25, -0.2) is 4.68 Å². The molecule has 0 aliphatic heterocycles. The molecule has 3 rings (SSSR count). The van der Waals surface area contributed by atoms with E-state index >= 15 is 0 Å². The lowest BCUT2D eigenvalue weighted by Crippen LogP contribution is -2.10. The molecule has 2 N–H and O–H groups in total. The van der Waals surface area contributed by atoms with Gasteiger partial charge in [0, 0.05) is 17.0 Å². The number of carbonyl (C=O) groups is 1. The fraction of sp³-hybridized carbons (Fsp3) is 0.154. The molecule has 7 heteroatoms. The Morgan fingerprint density at radius 1 is 1.40 bits per heavy atom. The maximum Gasteiger partial charge on any atom is 0.219 e.